The monoisotopic (exact) mass is 326 g/mol. The Labute approximate surface area is 141 Å². The van der Waals surface area contributed by atoms with Crippen molar-refractivity contribution >= 4 is 12.0 Å². The van der Waals surface area contributed by atoms with Crippen molar-refractivity contribution in [2.24, 2.45) is 17.3 Å². The number of carbonyl (C=O) groups is 2. The van der Waals surface area contributed by atoms with Gasteiger partial charge in [-0.2, -0.15) is 0 Å². The number of hydrogen-bond acceptors (Lipinski definition) is 3. The Bertz CT molecular complexity index is 386. The summed E-state index contributed by atoms with van der Waals surface area (Å²) in [5.41, 5.74) is -0.126. The standard InChI is InChI=1S/C18H34N2O3/c1-13(2)10-16(21)19-8-9-20(17(22)23-15(5)6)12-18(7,11-19)14(3)4/h13-15H,8-12H2,1-7H3. The third-order valence-electron chi connectivity index (χ3n) is 4.67. The van der Waals surface area contributed by atoms with Crippen LogP contribution in [0.15, 0.2) is 0 Å². The fraction of sp³-hybridized carbons (Fsp3) is 0.889. The van der Waals surface area contributed by atoms with E-state index >= 15 is 0 Å². The molecule has 23 heavy (non-hydrogen) atoms. The third kappa shape index (κ3) is 5.70. The zero-order chi connectivity index (χ0) is 17.8. The minimum absolute atomic E-state index is 0.126. The van der Waals surface area contributed by atoms with Crippen LogP contribution < -0.4 is 0 Å². The zero-order valence-corrected chi connectivity index (χ0v) is 15.9. The molecular formula is C18H34N2O3. The maximum absolute atomic E-state index is 12.5. The Morgan fingerprint density at radius 1 is 1.00 bits per heavy atom. The molecule has 0 aromatic carbocycles. The summed E-state index contributed by atoms with van der Waals surface area (Å²) >= 11 is 0. The van der Waals surface area contributed by atoms with Gasteiger partial charge in [0.05, 0.1) is 6.10 Å². The van der Waals surface area contributed by atoms with Crippen molar-refractivity contribution in [1.29, 1.82) is 0 Å². The molecule has 1 fully saturated rings. The first-order chi connectivity index (χ1) is 10.5. The SMILES string of the molecule is CC(C)CC(=O)N1CCN(C(=O)OC(C)C)CC(C)(C(C)C)C1. The Morgan fingerprint density at radius 2 is 1.52 bits per heavy atom. The maximum atomic E-state index is 12.5. The average molecular weight is 326 g/mol. The molecule has 0 aliphatic carbocycles. The molecule has 1 heterocycles. The molecule has 1 saturated heterocycles. The van der Waals surface area contributed by atoms with Crippen molar-refractivity contribution in [3.63, 3.8) is 0 Å². The minimum Gasteiger partial charge on any atom is -0.447 e. The summed E-state index contributed by atoms with van der Waals surface area (Å²) in [6.45, 7) is 16.8. The van der Waals surface area contributed by atoms with Gasteiger partial charge in [-0.25, -0.2) is 4.79 Å². The van der Waals surface area contributed by atoms with Gasteiger partial charge in [-0.1, -0.05) is 34.6 Å². The summed E-state index contributed by atoms with van der Waals surface area (Å²) in [6, 6.07) is 0. The Kier molecular flexibility index (Phi) is 6.90. The van der Waals surface area contributed by atoms with Crippen molar-refractivity contribution in [3.05, 3.63) is 0 Å². The lowest BCUT2D eigenvalue weighted by molar-refractivity contribution is -0.133. The van der Waals surface area contributed by atoms with E-state index in [1.54, 1.807) is 4.90 Å². The van der Waals surface area contributed by atoms with Crippen LogP contribution >= 0.6 is 0 Å². The van der Waals surface area contributed by atoms with Gasteiger partial charge < -0.3 is 14.5 Å². The van der Waals surface area contributed by atoms with E-state index in [0.29, 0.717) is 44.4 Å². The van der Waals surface area contributed by atoms with E-state index in [9.17, 15) is 9.59 Å². The van der Waals surface area contributed by atoms with E-state index in [1.165, 1.54) is 0 Å². The molecule has 5 heteroatoms. The van der Waals surface area contributed by atoms with Crippen LogP contribution in [0.4, 0.5) is 4.79 Å². The fourth-order valence-corrected chi connectivity index (χ4v) is 2.81. The lowest BCUT2D eigenvalue weighted by atomic mass is 9.78. The summed E-state index contributed by atoms with van der Waals surface area (Å²) < 4.78 is 5.36. The van der Waals surface area contributed by atoms with Crippen molar-refractivity contribution < 1.29 is 14.3 Å². The van der Waals surface area contributed by atoms with Crippen LogP contribution in [0, 0.1) is 17.3 Å². The first-order valence-electron chi connectivity index (χ1n) is 8.78. The highest BCUT2D eigenvalue weighted by Crippen LogP contribution is 2.32. The zero-order valence-electron chi connectivity index (χ0n) is 15.9. The largest absolute Gasteiger partial charge is 0.447 e. The molecule has 0 bridgehead atoms. The van der Waals surface area contributed by atoms with Crippen LogP contribution in [0.2, 0.25) is 0 Å². The number of amides is 2. The Hall–Kier alpha value is -1.26. The second kappa shape index (κ2) is 8.02. The van der Waals surface area contributed by atoms with Gasteiger partial charge in [0.25, 0.3) is 0 Å². The topological polar surface area (TPSA) is 49.9 Å². The van der Waals surface area contributed by atoms with E-state index in [0.717, 1.165) is 0 Å². The van der Waals surface area contributed by atoms with Crippen LogP contribution in [0.3, 0.4) is 0 Å². The van der Waals surface area contributed by atoms with Crippen molar-refractivity contribution in [3.8, 4) is 0 Å². The highest BCUT2D eigenvalue weighted by Gasteiger charge is 2.38. The first kappa shape index (κ1) is 19.8. The number of ether oxygens (including phenoxy) is 1. The van der Waals surface area contributed by atoms with Crippen molar-refractivity contribution in [1.82, 2.24) is 9.80 Å². The molecule has 134 valence electrons. The molecule has 1 atom stereocenters. The highest BCUT2D eigenvalue weighted by molar-refractivity contribution is 5.76. The average Bonchev–Trinajstić information content (AvgIpc) is 2.57. The second-order valence-corrected chi connectivity index (χ2v) is 8.08. The number of nitrogens with zero attached hydrogens (tertiary/aromatic N) is 2. The first-order valence-corrected chi connectivity index (χ1v) is 8.78. The molecule has 1 aliphatic heterocycles. The molecular weight excluding hydrogens is 292 g/mol. The van der Waals surface area contributed by atoms with E-state index in [-0.39, 0.29) is 23.5 Å². The predicted octanol–water partition coefficient (Wildman–Crippen LogP) is 3.38. The molecule has 0 aromatic heterocycles. The van der Waals surface area contributed by atoms with Crippen LogP contribution in [0.25, 0.3) is 0 Å². The molecule has 0 spiro atoms. The van der Waals surface area contributed by atoms with Crippen LogP contribution in [0.5, 0.6) is 0 Å². The van der Waals surface area contributed by atoms with Gasteiger partial charge in [0.1, 0.15) is 0 Å². The summed E-state index contributed by atoms with van der Waals surface area (Å²) in [5, 5.41) is 0. The van der Waals surface area contributed by atoms with Crippen LogP contribution in [-0.2, 0) is 9.53 Å². The minimum atomic E-state index is -0.273. The number of rotatable bonds is 4. The predicted molar refractivity (Wildman–Crippen MR) is 92.2 cm³/mol. The molecule has 0 saturated carbocycles. The quantitative estimate of drug-likeness (QED) is 0.796. The number of hydrogen-bond donors (Lipinski definition) is 0. The summed E-state index contributed by atoms with van der Waals surface area (Å²) in [5.74, 6) is 0.897. The number of carbonyl (C=O) groups excluding carboxylic acids is 2. The third-order valence-corrected chi connectivity index (χ3v) is 4.67. The van der Waals surface area contributed by atoms with Gasteiger partial charge in [0, 0.05) is 38.0 Å². The van der Waals surface area contributed by atoms with Crippen LogP contribution in [-0.4, -0.2) is 54.1 Å². The summed E-state index contributed by atoms with van der Waals surface area (Å²) in [4.78, 5) is 28.5. The molecule has 0 radical (unpaired) electrons. The molecule has 5 nitrogen and oxygen atoms in total. The van der Waals surface area contributed by atoms with Gasteiger partial charge in [-0.15, -0.1) is 0 Å². The van der Waals surface area contributed by atoms with Gasteiger partial charge in [-0.05, 0) is 25.7 Å². The van der Waals surface area contributed by atoms with Crippen molar-refractivity contribution in [2.75, 3.05) is 26.2 Å². The van der Waals surface area contributed by atoms with Gasteiger partial charge in [0.15, 0.2) is 0 Å². The molecule has 0 aromatic rings. The lowest BCUT2D eigenvalue weighted by Crippen LogP contribution is -2.45. The van der Waals surface area contributed by atoms with Crippen molar-refractivity contribution in [2.45, 2.75) is 61.0 Å². The van der Waals surface area contributed by atoms with E-state index in [4.69, 9.17) is 4.74 Å². The molecule has 0 N–H and O–H groups in total. The van der Waals surface area contributed by atoms with Gasteiger partial charge >= 0.3 is 6.09 Å². The van der Waals surface area contributed by atoms with E-state index in [2.05, 4.69) is 34.6 Å². The highest BCUT2D eigenvalue weighted by atomic mass is 16.6. The van der Waals surface area contributed by atoms with E-state index in [1.807, 2.05) is 18.7 Å². The Morgan fingerprint density at radius 3 is 2.00 bits per heavy atom. The summed E-state index contributed by atoms with van der Waals surface area (Å²) in [7, 11) is 0. The maximum Gasteiger partial charge on any atom is 0.410 e. The molecule has 1 aliphatic rings. The van der Waals surface area contributed by atoms with Gasteiger partial charge in [-0.3, -0.25) is 4.79 Å². The van der Waals surface area contributed by atoms with E-state index < -0.39 is 0 Å². The second-order valence-electron chi connectivity index (χ2n) is 8.08. The fourth-order valence-electron chi connectivity index (χ4n) is 2.81. The smallest absolute Gasteiger partial charge is 0.410 e. The molecule has 1 rings (SSSR count). The Balaban J connectivity index is 2.92. The van der Waals surface area contributed by atoms with Crippen LogP contribution in [0.1, 0.15) is 54.9 Å². The lowest BCUT2D eigenvalue weighted by Gasteiger charge is -2.37. The normalized spacial score (nSPS) is 22.7. The van der Waals surface area contributed by atoms with Gasteiger partial charge in [0.2, 0.25) is 5.91 Å². The molecule has 1 unspecified atom stereocenters. The molecule has 2 amide bonds. The summed E-state index contributed by atoms with van der Waals surface area (Å²) in [6.07, 6.45) is 0.157.